The highest BCUT2D eigenvalue weighted by Crippen LogP contribution is 2.28. The molecule has 0 aliphatic rings. The van der Waals surface area contributed by atoms with E-state index in [0.29, 0.717) is 10.2 Å². The van der Waals surface area contributed by atoms with Crippen LogP contribution in [-0.2, 0) is 10.0 Å². The molecule has 0 saturated heterocycles. The normalized spacial score (nSPS) is 12.4. The standard InChI is InChI=1S/C12H18BrNO5S/c1-3-12(7-15,8-16)14-20(17,18)9-4-5-11(19-2)10(13)6-9/h4-6,14-16H,3,7-8H2,1-2H3. The van der Waals surface area contributed by atoms with Crippen molar-refractivity contribution in [1.29, 1.82) is 0 Å². The maximum atomic E-state index is 12.3. The smallest absolute Gasteiger partial charge is 0.241 e. The quantitative estimate of drug-likeness (QED) is 0.664. The summed E-state index contributed by atoms with van der Waals surface area (Å²) in [7, 11) is -2.38. The summed E-state index contributed by atoms with van der Waals surface area (Å²) in [6, 6.07) is 4.31. The highest BCUT2D eigenvalue weighted by Gasteiger charge is 2.32. The second-order valence-corrected chi connectivity index (χ2v) is 6.89. The van der Waals surface area contributed by atoms with Crippen LogP contribution in [-0.4, -0.2) is 44.5 Å². The van der Waals surface area contributed by atoms with Crippen LogP contribution in [0.5, 0.6) is 5.75 Å². The number of nitrogens with one attached hydrogen (secondary N) is 1. The van der Waals surface area contributed by atoms with Crippen molar-refractivity contribution in [3.8, 4) is 5.75 Å². The van der Waals surface area contributed by atoms with Crippen LogP contribution in [0.25, 0.3) is 0 Å². The Kier molecular flexibility index (Phi) is 5.96. The third-order valence-electron chi connectivity index (χ3n) is 3.07. The molecule has 114 valence electrons. The Morgan fingerprint density at radius 3 is 2.35 bits per heavy atom. The molecule has 0 spiro atoms. The van der Waals surface area contributed by atoms with Crippen LogP contribution in [0.15, 0.2) is 27.6 Å². The van der Waals surface area contributed by atoms with Gasteiger partial charge in [-0.05, 0) is 40.5 Å². The van der Waals surface area contributed by atoms with Crippen LogP contribution in [0.2, 0.25) is 0 Å². The van der Waals surface area contributed by atoms with E-state index < -0.39 is 28.8 Å². The second-order valence-electron chi connectivity index (χ2n) is 4.35. The molecule has 0 atom stereocenters. The summed E-state index contributed by atoms with van der Waals surface area (Å²) in [6.07, 6.45) is 0.260. The lowest BCUT2D eigenvalue weighted by atomic mass is 10.0. The number of methoxy groups -OCH3 is 1. The van der Waals surface area contributed by atoms with E-state index in [4.69, 9.17) is 4.74 Å². The summed E-state index contributed by atoms with van der Waals surface area (Å²) in [5, 5.41) is 18.6. The molecule has 0 amide bonds. The summed E-state index contributed by atoms with van der Waals surface area (Å²) in [4.78, 5) is 0.0184. The lowest BCUT2D eigenvalue weighted by Gasteiger charge is -2.29. The maximum absolute atomic E-state index is 12.3. The van der Waals surface area contributed by atoms with Gasteiger partial charge in [0.25, 0.3) is 0 Å². The Bertz CT molecular complexity index is 549. The van der Waals surface area contributed by atoms with Crippen LogP contribution in [0, 0.1) is 0 Å². The first-order chi connectivity index (χ1) is 9.34. The number of aliphatic hydroxyl groups excluding tert-OH is 2. The Morgan fingerprint density at radius 2 is 1.95 bits per heavy atom. The first-order valence-corrected chi connectivity index (χ1v) is 8.21. The van der Waals surface area contributed by atoms with Crippen molar-refractivity contribution in [2.45, 2.75) is 23.8 Å². The van der Waals surface area contributed by atoms with E-state index in [1.165, 1.54) is 25.3 Å². The topological polar surface area (TPSA) is 95.9 Å². The Labute approximate surface area is 127 Å². The summed E-state index contributed by atoms with van der Waals surface area (Å²) in [5.41, 5.74) is -1.27. The molecule has 8 heteroatoms. The fraction of sp³-hybridized carbons (Fsp3) is 0.500. The highest BCUT2D eigenvalue weighted by molar-refractivity contribution is 9.10. The van der Waals surface area contributed by atoms with Gasteiger partial charge in [-0.25, -0.2) is 13.1 Å². The molecule has 0 saturated carbocycles. The number of benzene rings is 1. The molecule has 3 N–H and O–H groups in total. The second kappa shape index (κ2) is 6.86. The van der Waals surface area contributed by atoms with Crippen molar-refractivity contribution in [3.05, 3.63) is 22.7 Å². The number of sulfonamides is 1. The van der Waals surface area contributed by atoms with Gasteiger partial charge in [-0.3, -0.25) is 0 Å². The van der Waals surface area contributed by atoms with Gasteiger partial charge in [-0.15, -0.1) is 0 Å². The number of hydrogen-bond acceptors (Lipinski definition) is 5. The van der Waals surface area contributed by atoms with E-state index in [1.807, 2.05) is 0 Å². The molecule has 0 aliphatic heterocycles. The van der Waals surface area contributed by atoms with E-state index in [1.54, 1.807) is 6.92 Å². The van der Waals surface area contributed by atoms with Gasteiger partial charge in [-0.2, -0.15) is 0 Å². The third-order valence-corrected chi connectivity index (χ3v) is 5.26. The van der Waals surface area contributed by atoms with Crippen molar-refractivity contribution in [3.63, 3.8) is 0 Å². The number of aliphatic hydroxyl groups is 2. The van der Waals surface area contributed by atoms with Gasteiger partial charge in [0.1, 0.15) is 5.75 Å². The molecular weight excluding hydrogens is 350 g/mol. The van der Waals surface area contributed by atoms with Gasteiger partial charge in [0.2, 0.25) is 10.0 Å². The Morgan fingerprint density at radius 1 is 1.35 bits per heavy atom. The molecule has 1 aromatic carbocycles. The molecule has 20 heavy (non-hydrogen) atoms. The van der Waals surface area contributed by atoms with Crippen LogP contribution in [0.1, 0.15) is 13.3 Å². The Hall–Kier alpha value is -0.670. The molecule has 6 nitrogen and oxygen atoms in total. The van der Waals surface area contributed by atoms with Gasteiger partial charge >= 0.3 is 0 Å². The van der Waals surface area contributed by atoms with Crippen molar-refractivity contribution in [1.82, 2.24) is 4.72 Å². The number of ether oxygens (including phenoxy) is 1. The van der Waals surface area contributed by atoms with Crippen LogP contribution in [0.4, 0.5) is 0 Å². The highest BCUT2D eigenvalue weighted by atomic mass is 79.9. The predicted octanol–water partition coefficient (Wildman–Crippen LogP) is 0.869. The minimum atomic E-state index is -3.86. The van der Waals surface area contributed by atoms with Gasteiger partial charge < -0.3 is 14.9 Å². The summed E-state index contributed by atoms with van der Waals surface area (Å²) in [6.45, 7) is 0.700. The Balaban J connectivity index is 3.14. The maximum Gasteiger partial charge on any atom is 0.241 e. The summed E-state index contributed by atoms with van der Waals surface area (Å²) < 4.78 is 32.4. The SMILES string of the molecule is CCC(CO)(CO)NS(=O)(=O)c1ccc(OC)c(Br)c1. The predicted molar refractivity (Wildman–Crippen MR) is 78.2 cm³/mol. The molecule has 0 radical (unpaired) electrons. The average Bonchev–Trinajstić information content (AvgIpc) is 2.44. The summed E-state index contributed by atoms with van der Waals surface area (Å²) in [5.74, 6) is 0.509. The third kappa shape index (κ3) is 3.70. The number of halogens is 1. The van der Waals surface area contributed by atoms with Crippen LogP contribution < -0.4 is 9.46 Å². The number of rotatable bonds is 7. The van der Waals surface area contributed by atoms with Crippen molar-refractivity contribution in [2.24, 2.45) is 0 Å². The zero-order chi connectivity index (χ0) is 15.4. The monoisotopic (exact) mass is 367 g/mol. The van der Waals surface area contributed by atoms with E-state index in [-0.39, 0.29) is 11.3 Å². The molecular formula is C12H18BrNO5S. The minimum absolute atomic E-state index is 0.0184. The molecule has 0 aromatic heterocycles. The first-order valence-electron chi connectivity index (χ1n) is 5.93. The molecule has 1 aromatic rings. The number of hydrogen-bond donors (Lipinski definition) is 3. The van der Waals surface area contributed by atoms with Crippen LogP contribution in [0.3, 0.4) is 0 Å². The van der Waals surface area contributed by atoms with Crippen molar-refractivity contribution in [2.75, 3.05) is 20.3 Å². The molecule has 0 heterocycles. The zero-order valence-corrected chi connectivity index (χ0v) is 13.7. The molecule has 0 fully saturated rings. The van der Waals surface area contributed by atoms with E-state index >= 15 is 0 Å². The van der Waals surface area contributed by atoms with Crippen molar-refractivity contribution < 1.29 is 23.4 Å². The fourth-order valence-corrected chi connectivity index (χ4v) is 3.74. The molecule has 0 unspecified atom stereocenters. The average molecular weight is 368 g/mol. The van der Waals surface area contributed by atoms with Gasteiger partial charge in [0, 0.05) is 0 Å². The van der Waals surface area contributed by atoms with E-state index in [2.05, 4.69) is 20.7 Å². The van der Waals surface area contributed by atoms with E-state index in [9.17, 15) is 18.6 Å². The van der Waals surface area contributed by atoms with Gasteiger partial charge in [0.15, 0.2) is 0 Å². The lowest BCUT2D eigenvalue weighted by molar-refractivity contribution is 0.105. The molecule has 0 bridgehead atoms. The fourth-order valence-electron chi connectivity index (χ4n) is 1.57. The zero-order valence-electron chi connectivity index (χ0n) is 11.3. The molecule has 1 rings (SSSR count). The molecule has 0 aliphatic carbocycles. The minimum Gasteiger partial charge on any atom is -0.496 e. The first kappa shape index (κ1) is 17.4. The van der Waals surface area contributed by atoms with Gasteiger partial charge in [-0.1, -0.05) is 6.92 Å². The lowest BCUT2D eigenvalue weighted by Crippen LogP contribution is -2.53. The van der Waals surface area contributed by atoms with E-state index in [0.717, 1.165) is 0 Å². The van der Waals surface area contributed by atoms with Crippen molar-refractivity contribution >= 4 is 26.0 Å². The van der Waals surface area contributed by atoms with Crippen LogP contribution >= 0.6 is 15.9 Å². The van der Waals surface area contributed by atoms with Gasteiger partial charge in [0.05, 0.1) is 35.2 Å². The largest absolute Gasteiger partial charge is 0.496 e. The summed E-state index contributed by atoms with van der Waals surface area (Å²) >= 11 is 3.21.